The molecule has 7 heteroatoms. The molecule has 2 fully saturated rings. The van der Waals surface area contributed by atoms with E-state index < -0.39 is 6.03 Å². The number of hydrogen-bond donors (Lipinski definition) is 1. The van der Waals surface area contributed by atoms with Crippen LogP contribution in [0.2, 0.25) is 0 Å². The highest BCUT2D eigenvalue weighted by molar-refractivity contribution is 5.95. The van der Waals surface area contributed by atoms with Crippen LogP contribution in [0.1, 0.15) is 25.7 Å². The minimum Gasteiger partial charge on any atom is -0.351 e. The number of hydrogen-bond acceptors (Lipinski definition) is 5. The van der Waals surface area contributed by atoms with Gasteiger partial charge in [-0.3, -0.25) is 4.90 Å². The van der Waals surface area contributed by atoms with Crippen molar-refractivity contribution >= 4 is 11.7 Å². The van der Waals surface area contributed by atoms with Crippen LogP contribution in [0.3, 0.4) is 0 Å². The first-order valence-electron chi connectivity index (χ1n) is 10.4. The zero-order chi connectivity index (χ0) is 20.7. The maximum Gasteiger partial charge on any atom is 0.319 e. The van der Waals surface area contributed by atoms with Crippen molar-refractivity contribution in [1.82, 2.24) is 15.0 Å². The summed E-state index contributed by atoms with van der Waals surface area (Å²) in [5.41, 5.74) is 8.22. The molecule has 3 aromatic rings. The van der Waals surface area contributed by atoms with Gasteiger partial charge < -0.3 is 15.2 Å². The van der Waals surface area contributed by atoms with Crippen molar-refractivity contribution in [3.05, 3.63) is 54.6 Å². The van der Waals surface area contributed by atoms with Crippen LogP contribution in [0, 0.1) is 0 Å². The van der Waals surface area contributed by atoms with Crippen LogP contribution < -0.4 is 10.6 Å². The number of para-hydroxylation sites is 1. The van der Waals surface area contributed by atoms with Crippen molar-refractivity contribution in [3.8, 4) is 22.8 Å². The second-order valence-corrected chi connectivity index (χ2v) is 8.19. The molecule has 3 heterocycles. The molecule has 2 bridgehead atoms. The Balaban J connectivity index is 1.51. The molecule has 1 aromatic heterocycles. The van der Waals surface area contributed by atoms with Gasteiger partial charge in [0.05, 0.1) is 11.3 Å². The molecule has 2 saturated heterocycles. The Morgan fingerprint density at radius 1 is 1.07 bits per heavy atom. The van der Waals surface area contributed by atoms with E-state index in [1.807, 2.05) is 54.6 Å². The Labute approximate surface area is 175 Å². The predicted molar refractivity (Wildman–Crippen MR) is 115 cm³/mol. The zero-order valence-corrected chi connectivity index (χ0v) is 16.9. The summed E-state index contributed by atoms with van der Waals surface area (Å²) in [6, 6.07) is 17.9. The average Bonchev–Trinajstić information content (AvgIpc) is 3.31. The first-order valence-corrected chi connectivity index (χ1v) is 10.4. The standard InChI is InChI=1S/C23H25N5O2/c1-27-16-11-12-17(27)14-18(13-16)28(23(24)29)20-10-6-5-9-19(20)22-25-21(26-30-22)15-7-3-2-4-8-15/h2-10,16-18H,11-14H2,1H3,(H2,24,29)/t16-,17+,18?. The van der Waals surface area contributed by atoms with E-state index in [-0.39, 0.29) is 6.04 Å². The highest BCUT2D eigenvalue weighted by Gasteiger charge is 2.42. The van der Waals surface area contributed by atoms with Gasteiger partial charge in [0.15, 0.2) is 0 Å². The van der Waals surface area contributed by atoms with Crippen LogP contribution in [-0.2, 0) is 0 Å². The fourth-order valence-electron chi connectivity index (χ4n) is 4.99. The lowest BCUT2D eigenvalue weighted by Gasteiger charge is -2.41. The number of fused-ring (bicyclic) bond motifs is 2. The summed E-state index contributed by atoms with van der Waals surface area (Å²) in [5, 5.41) is 4.14. The lowest BCUT2D eigenvalue weighted by molar-refractivity contribution is 0.160. The lowest BCUT2D eigenvalue weighted by atomic mass is 9.95. The van der Waals surface area contributed by atoms with E-state index in [1.165, 1.54) is 12.8 Å². The first kappa shape index (κ1) is 18.8. The molecule has 0 radical (unpaired) electrons. The van der Waals surface area contributed by atoms with Gasteiger partial charge in [-0.05, 0) is 44.9 Å². The third-order valence-corrected chi connectivity index (χ3v) is 6.53. The number of piperidine rings is 1. The quantitative estimate of drug-likeness (QED) is 0.713. The van der Waals surface area contributed by atoms with Crippen LogP contribution >= 0.6 is 0 Å². The van der Waals surface area contributed by atoms with Crippen LogP contribution in [0.4, 0.5) is 10.5 Å². The third kappa shape index (κ3) is 3.25. The van der Waals surface area contributed by atoms with Gasteiger partial charge in [-0.2, -0.15) is 4.98 Å². The van der Waals surface area contributed by atoms with Crippen molar-refractivity contribution in [2.45, 2.75) is 43.8 Å². The summed E-state index contributed by atoms with van der Waals surface area (Å²) in [4.78, 5) is 21.4. The second kappa shape index (κ2) is 7.57. The molecule has 154 valence electrons. The van der Waals surface area contributed by atoms with Gasteiger partial charge in [-0.25, -0.2) is 4.79 Å². The highest BCUT2D eigenvalue weighted by atomic mass is 16.5. The summed E-state index contributed by atoms with van der Waals surface area (Å²) >= 11 is 0. The van der Waals surface area contributed by atoms with Gasteiger partial charge >= 0.3 is 6.03 Å². The van der Waals surface area contributed by atoms with Gasteiger partial charge in [0.2, 0.25) is 5.82 Å². The number of carbonyl (C=O) groups is 1. The summed E-state index contributed by atoms with van der Waals surface area (Å²) in [7, 11) is 2.19. The molecule has 2 amide bonds. The summed E-state index contributed by atoms with van der Waals surface area (Å²) < 4.78 is 5.59. The molecule has 2 aliphatic rings. The molecular weight excluding hydrogens is 378 g/mol. The number of benzene rings is 2. The Kier molecular flexibility index (Phi) is 4.75. The molecule has 3 atom stereocenters. The SMILES string of the molecule is CN1[C@@H]2CC[C@H]1CC(N(C(N)=O)c1ccccc1-c1nc(-c3ccccc3)no1)C2. The first-order chi connectivity index (χ1) is 14.6. The largest absolute Gasteiger partial charge is 0.351 e. The fourth-order valence-corrected chi connectivity index (χ4v) is 4.99. The molecule has 0 spiro atoms. The maximum absolute atomic E-state index is 12.6. The number of nitrogens with two attached hydrogens (primary N) is 1. The second-order valence-electron chi connectivity index (χ2n) is 8.19. The molecule has 2 aromatic carbocycles. The van der Waals surface area contributed by atoms with E-state index in [4.69, 9.17) is 10.3 Å². The van der Waals surface area contributed by atoms with Crippen molar-refractivity contribution in [2.75, 3.05) is 11.9 Å². The van der Waals surface area contributed by atoms with Gasteiger partial charge in [0.25, 0.3) is 5.89 Å². The number of carbonyl (C=O) groups excluding carboxylic acids is 1. The van der Waals surface area contributed by atoms with Crippen molar-refractivity contribution in [1.29, 1.82) is 0 Å². The Morgan fingerprint density at radius 3 is 2.43 bits per heavy atom. The number of rotatable bonds is 4. The van der Waals surface area contributed by atoms with E-state index in [2.05, 4.69) is 22.1 Å². The number of urea groups is 1. The Morgan fingerprint density at radius 2 is 1.73 bits per heavy atom. The van der Waals surface area contributed by atoms with Crippen molar-refractivity contribution in [2.24, 2.45) is 5.73 Å². The molecule has 2 aliphatic heterocycles. The Hall–Kier alpha value is -3.19. The molecule has 0 saturated carbocycles. The van der Waals surface area contributed by atoms with Gasteiger partial charge in [0, 0.05) is 23.7 Å². The summed E-state index contributed by atoms with van der Waals surface area (Å²) in [5.74, 6) is 0.898. The minimum absolute atomic E-state index is 0.0638. The number of aromatic nitrogens is 2. The van der Waals surface area contributed by atoms with Crippen LogP contribution in [0.15, 0.2) is 59.1 Å². The maximum atomic E-state index is 12.6. The van der Waals surface area contributed by atoms with Gasteiger partial charge in [0.1, 0.15) is 0 Å². The lowest BCUT2D eigenvalue weighted by Crippen LogP contribution is -2.52. The minimum atomic E-state index is -0.445. The molecule has 1 unspecified atom stereocenters. The fraction of sp³-hybridized carbons (Fsp3) is 0.348. The van der Waals surface area contributed by atoms with Crippen LogP contribution in [0.5, 0.6) is 0 Å². The third-order valence-electron chi connectivity index (χ3n) is 6.53. The molecule has 5 rings (SSSR count). The van der Waals surface area contributed by atoms with Crippen LogP contribution in [-0.4, -0.2) is 46.2 Å². The topological polar surface area (TPSA) is 88.5 Å². The smallest absolute Gasteiger partial charge is 0.319 e. The number of anilines is 1. The zero-order valence-electron chi connectivity index (χ0n) is 16.9. The molecule has 30 heavy (non-hydrogen) atoms. The Bertz CT molecular complexity index is 1040. The monoisotopic (exact) mass is 403 g/mol. The predicted octanol–water partition coefficient (Wildman–Crippen LogP) is 3.91. The van der Waals surface area contributed by atoms with Gasteiger partial charge in [-0.15, -0.1) is 0 Å². The highest BCUT2D eigenvalue weighted by Crippen LogP contribution is 2.40. The van der Waals surface area contributed by atoms with E-state index >= 15 is 0 Å². The average molecular weight is 403 g/mol. The van der Waals surface area contributed by atoms with E-state index in [0.29, 0.717) is 23.8 Å². The molecule has 7 nitrogen and oxygen atoms in total. The summed E-state index contributed by atoms with van der Waals surface area (Å²) in [6.07, 6.45) is 4.19. The number of nitrogens with zero attached hydrogens (tertiary/aromatic N) is 4. The summed E-state index contributed by atoms with van der Waals surface area (Å²) in [6.45, 7) is 0. The van der Waals surface area contributed by atoms with Gasteiger partial charge in [-0.1, -0.05) is 47.6 Å². The van der Waals surface area contributed by atoms with Crippen LogP contribution in [0.25, 0.3) is 22.8 Å². The van der Waals surface area contributed by atoms with Crippen molar-refractivity contribution in [3.63, 3.8) is 0 Å². The number of amides is 2. The van der Waals surface area contributed by atoms with Crippen molar-refractivity contribution < 1.29 is 9.32 Å². The van der Waals surface area contributed by atoms with E-state index in [1.54, 1.807) is 4.90 Å². The molecule has 0 aliphatic carbocycles. The number of primary amides is 1. The van der Waals surface area contributed by atoms with E-state index in [0.717, 1.165) is 29.7 Å². The molecular formula is C23H25N5O2. The van der Waals surface area contributed by atoms with E-state index in [9.17, 15) is 4.79 Å². The molecule has 2 N–H and O–H groups in total. The normalized spacial score (nSPS) is 23.4.